The lowest BCUT2D eigenvalue weighted by Crippen LogP contribution is -2.41. The molecule has 44 heavy (non-hydrogen) atoms. The molecule has 3 N–H and O–H groups in total. The van der Waals surface area contributed by atoms with E-state index in [1.807, 2.05) is 6.92 Å². The number of hydrogen-bond acceptors (Lipinski definition) is 12. The van der Waals surface area contributed by atoms with Crippen molar-refractivity contribution in [3.8, 4) is 0 Å². The Bertz CT molecular complexity index is 1480. The lowest BCUT2D eigenvalue weighted by molar-refractivity contribution is -0.385. The van der Waals surface area contributed by atoms with Gasteiger partial charge in [0.05, 0.1) is 43.0 Å². The molecule has 2 aromatic heterocycles. The number of anilines is 1. The van der Waals surface area contributed by atoms with Gasteiger partial charge in [0, 0.05) is 49.8 Å². The Labute approximate surface area is 253 Å². The molecule has 3 atom stereocenters. The van der Waals surface area contributed by atoms with Crippen molar-refractivity contribution in [1.82, 2.24) is 10.3 Å². The zero-order chi connectivity index (χ0) is 31.3. The second kappa shape index (κ2) is 16.5. The number of para-hydroxylation sites is 1. The monoisotopic (exact) mass is 612 g/mol. The molecule has 0 spiro atoms. The summed E-state index contributed by atoms with van der Waals surface area (Å²) < 4.78 is 28.7. The van der Waals surface area contributed by atoms with E-state index in [2.05, 4.69) is 15.6 Å². The molecule has 0 unspecified atom stereocenters. The summed E-state index contributed by atoms with van der Waals surface area (Å²) in [5, 5.41) is 25.9. The molecule has 0 bridgehead atoms. The molecule has 3 aromatic rings. The van der Waals surface area contributed by atoms with Gasteiger partial charge in [0.1, 0.15) is 17.6 Å². The quantitative estimate of drug-likeness (QED) is 0.115. The molecule has 14 nitrogen and oxygen atoms in total. The number of allylic oxidation sites excluding steroid dienone is 1. The average molecular weight is 613 g/mol. The fourth-order valence-corrected chi connectivity index (χ4v) is 4.78. The van der Waals surface area contributed by atoms with Crippen molar-refractivity contribution in [2.24, 2.45) is 5.92 Å². The summed E-state index contributed by atoms with van der Waals surface area (Å²) in [5.74, 6) is -1.05. The van der Waals surface area contributed by atoms with E-state index >= 15 is 0 Å². The molecule has 1 amide bonds. The van der Waals surface area contributed by atoms with E-state index in [-0.39, 0.29) is 42.6 Å². The van der Waals surface area contributed by atoms with Crippen molar-refractivity contribution in [2.45, 2.75) is 25.6 Å². The third-order valence-corrected chi connectivity index (χ3v) is 6.88. The van der Waals surface area contributed by atoms with Crippen LogP contribution in [-0.2, 0) is 23.7 Å². The van der Waals surface area contributed by atoms with E-state index in [1.54, 1.807) is 30.3 Å². The number of amides is 1. The molecule has 0 saturated heterocycles. The summed E-state index contributed by atoms with van der Waals surface area (Å²) in [6.45, 7) is 3.71. The number of benzene rings is 1. The van der Waals surface area contributed by atoms with E-state index in [0.29, 0.717) is 61.7 Å². The number of hydrogen-bond donors (Lipinski definition) is 3. The van der Waals surface area contributed by atoms with Gasteiger partial charge in [-0.1, -0.05) is 12.1 Å². The maximum Gasteiger partial charge on any atom is 0.287 e. The minimum atomic E-state index is -0.849. The van der Waals surface area contributed by atoms with Crippen molar-refractivity contribution in [2.75, 3.05) is 58.0 Å². The third-order valence-electron chi connectivity index (χ3n) is 6.88. The number of ether oxygens (including phenoxy) is 4. The molecule has 0 fully saturated rings. The van der Waals surface area contributed by atoms with Crippen LogP contribution in [0.15, 0.2) is 69.9 Å². The average Bonchev–Trinajstić information content (AvgIpc) is 3.03. The number of nitro groups is 1. The smallest absolute Gasteiger partial charge is 0.287 e. The predicted molar refractivity (Wildman–Crippen MR) is 159 cm³/mol. The summed E-state index contributed by atoms with van der Waals surface area (Å²) in [6.07, 6.45) is 3.78. The highest BCUT2D eigenvalue weighted by Crippen LogP contribution is 2.38. The lowest BCUT2D eigenvalue weighted by atomic mass is 9.81. The number of aliphatic hydroxyl groups excluding tert-OH is 1. The molecule has 4 rings (SSSR count). The summed E-state index contributed by atoms with van der Waals surface area (Å²) in [6, 6.07) is 9.76. The van der Waals surface area contributed by atoms with Crippen molar-refractivity contribution in [3.05, 3.63) is 86.6 Å². The molecule has 236 valence electrons. The molecule has 1 aliphatic heterocycles. The van der Waals surface area contributed by atoms with Crippen molar-refractivity contribution in [3.63, 3.8) is 0 Å². The number of carbonyl (C=O) groups is 1. The van der Waals surface area contributed by atoms with Crippen LogP contribution in [0, 0.1) is 16.0 Å². The Hall–Kier alpha value is -4.37. The zero-order valence-corrected chi connectivity index (χ0v) is 24.3. The van der Waals surface area contributed by atoms with Gasteiger partial charge in [0.25, 0.3) is 11.6 Å². The Kier molecular flexibility index (Phi) is 12.2. The van der Waals surface area contributed by atoms with Crippen LogP contribution >= 0.6 is 0 Å². The number of nitrogens with zero attached hydrogens (tertiary/aromatic N) is 2. The lowest BCUT2D eigenvalue weighted by Gasteiger charge is -2.36. The highest BCUT2D eigenvalue weighted by Gasteiger charge is 2.39. The highest BCUT2D eigenvalue weighted by molar-refractivity contribution is 5.91. The summed E-state index contributed by atoms with van der Waals surface area (Å²) in [5.41, 5.74) is 0.479. The van der Waals surface area contributed by atoms with Crippen LogP contribution in [0.2, 0.25) is 0 Å². The first-order chi connectivity index (χ1) is 21.4. The van der Waals surface area contributed by atoms with Gasteiger partial charge in [-0.05, 0) is 37.6 Å². The highest BCUT2D eigenvalue weighted by atomic mass is 16.7. The summed E-state index contributed by atoms with van der Waals surface area (Å²) in [4.78, 5) is 41.1. The number of nitrogens with one attached hydrogen (secondary N) is 2. The maximum atomic E-state index is 13.6. The van der Waals surface area contributed by atoms with Gasteiger partial charge >= 0.3 is 0 Å². The number of aromatic nitrogens is 1. The minimum absolute atomic E-state index is 0.00374. The van der Waals surface area contributed by atoms with Crippen LogP contribution in [-0.4, -0.2) is 79.9 Å². The predicted octanol–water partition coefficient (Wildman–Crippen LogP) is 2.72. The van der Waals surface area contributed by atoms with Crippen LogP contribution in [0.5, 0.6) is 0 Å². The van der Waals surface area contributed by atoms with Gasteiger partial charge < -0.3 is 39.1 Å². The van der Waals surface area contributed by atoms with Crippen LogP contribution in [0.25, 0.3) is 11.0 Å². The number of carbonyl (C=O) groups excluding carboxylic acids is 1. The number of aliphatic hydroxyl groups is 1. The van der Waals surface area contributed by atoms with Crippen molar-refractivity contribution >= 4 is 28.4 Å². The Morgan fingerprint density at radius 3 is 2.64 bits per heavy atom. The van der Waals surface area contributed by atoms with E-state index in [1.165, 1.54) is 18.4 Å². The molecule has 1 aromatic carbocycles. The number of pyridine rings is 1. The van der Waals surface area contributed by atoms with Crippen LogP contribution in [0.4, 0.5) is 11.5 Å². The van der Waals surface area contributed by atoms with Crippen molar-refractivity contribution < 1.29 is 38.2 Å². The van der Waals surface area contributed by atoms with Gasteiger partial charge in [-0.15, -0.1) is 0 Å². The molecule has 3 heterocycles. The fraction of sp³-hybridized carbons (Fsp3) is 0.433. The van der Waals surface area contributed by atoms with Crippen LogP contribution in [0.1, 0.15) is 24.8 Å². The SMILES string of the molecule is CCO[C@@H]1OC(C(=O)NCCNc2ccc([N+](=O)[O-])cn2)=C[C@H](c2coc3ccccc3c2=O)[C@@H]1CCOCCOCCO. The van der Waals surface area contributed by atoms with E-state index < -0.39 is 23.0 Å². The van der Waals surface area contributed by atoms with E-state index in [0.717, 1.165) is 6.20 Å². The normalized spacial score (nSPS) is 18.0. The first-order valence-electron chi connectivity index (χ1n) is 14.3. The van der Waals surface area contributed by atoms with Crippen LogP contribution < -0.4 is 16.1 Å². The topological polar surface area (TPSA) is 185 Å². The first-order valence-corrected chi connectivity index (χ1v) is 14.3. The first kappa shape index (κ1) is 32.5. The minimum Gasteiger partial charge on any atom is -0.464 e. The van der Waals surface area contributed by atoms with Gasteiger partial charge in [-0.25, -0.2) is 4.98 Å². The Balaban J connectivity index is 1.50. The number of rotatable bonds is 17. The molecule has 1 aliphatic rings. The Morgan fingerprint density at radius 1 is 1.11 bits per heavy atom. The van der Waals surface area contributed by atoms with Gasteiger partial charge in [-0.2, -0.15) is 0 Å². The summed E-state index contributed by atoms with van der Waals surface area (Å²) in [7, 11) is 0. The van der Waals surface area contributed by atoms with Gasteiger partial charge in [0.15, 0.2) is 11.2 Å². The molecule has 0 saturated carbocycles. The molecular weight excluding hydrogens is 576 g/mol. The van der Waals surface area contributed by atoms with Crippen LogP contribution in [0.3, 0.4) is 0 Å². The van der Waals surface area contributed by atoms with Gasteiger partial charge in [0.2, 0.25) is 6.29 Å². The second-order valence-corrected chi connectivity index (χ2v) is 9.76. The molecular formula is C30H36N4O10. The molecule has 14 heteroatoms. The second-order valence-electron chi connectivity index (χ2n) is 9.76. The van der Waals surface area contributed by atoms with Crippen molar-refractivity contribution in [1.29, 1.82) is 0 Å². The molecule has 0 aliphatic carbocycles. The number of fused-ring (bicyclic) bond motifs is 1. The molecule has 0 radical (unpaired) electrons. The standard InChI is InChI=1S/C30H36N4O10/c1-2-42-30-21(9-13-40-15-16-41-14-12-35)23(24-19-43-25-6-4-3-5-22(25)28(24)36)17-26(44-30)29(37)32-11-10-31-27-8-7-20(18-33-27)34(38)39/h3-8,17-19,21,23,30,35H,2,9-16H2,1H3,(H,31,33)(H,32,37)/t21-,23-,30+/m0/s1. The fourth-order valence-electron chi connectivity index (χ4n) is 4.78. The van der Waals surface area contributed by atoms with Gasteiger partial charge in [-0.3, -0.25) is 19.7 Å². The third kappa shape index (κ3) is 8.60. The maximum absolute atomic E-state index is 13.6. The largest absolute Gasteiger partial charge is 0.464 e. The Morgan fingerprint density at radius 2 is 1.91 bits per heavy atom. The summed E-state index contributed by atoms with van der Waals surface area (Å²) >= 11 is 0. The van der Waals surface area contributed by atoms with E-state index in [4.69, 9.17) is 28.5 Å². The zero-order valence-electron chi connectivity index (χ0n) is 24.3. The van der Waals surface area contributed by atoms with E-state index in [9.17, 15) is 19.7 Å².